The Kier molecular flexibility index (Phi) is 3.12. The molecule has 0 atom stereocenters. The highest BCUT2D eigenvalue weighted by Crippen LogP contribution is 2.19. The lowest BCUT2D eigenvalue weighted by Gasteiger charge is -2.09. The maximum Gasteiger partial charge on any atom is 0.341 e. The Balaban J connectivity index is 2.78. The van der Waals surface area contributed by atoms with Crippen molar-refractivity contribution in [3.05, 3.63) is 43.7 Å². The van der Waals surface area contributed by atoms with Gasteiger partial charge in [-0.05, 0) is 22.9 Å². The molecule has 0 radical (unpaired) electrons. The van der Waals surface area contributed by atoms with Crippen molar-refractivity contribution in [1.82, 2.24) is 9.55 Å². The van der Waals surface area contributed by atoms with Crippen molar-refractivity contribution in [1.29, 1.82) is 0 Å². The number of pyridine rings is 1. The summed E-state index contributed by atoms with van der Waals surface area (Å²) >= 11 is 4.48. The van der Waals surface area contributed by atoms with Gasteiger partial charge in [0.2, 0.25) is 5.43 Å². The zero-order valence-corrected chi connectivity index (χ0v) is 11.1. The molecule has 0 aromatic carbocycles. The van der Waals surface area contributed by atoms with Crippen molar-refractivity contribution in [3.8, 4) is 5.13 Å². The Morgan fingerprint density at radius 2 is 2.29 bits per heavy atom. The van der Waals surface area contributed by atoms with Crippen LogP contribution >= 0.6 is 27.3 Å². The van der Waals surface area contributed by atoms with E-state index in [1.807, 2.05) is 0 Å². The van der Waals surface area contributed by atoms with E-state index in [0.29, 0.717) is 10.8 Å². The van der Waals surface area contributed by atoms with Crippen LogP contribution in [-0.2, 0) is 0 Å². The fraction of sp³-hybridized carbons (Fsp3) is 0.100. The van der Waals surface area contributed by atoms with Gasteiger partial charge < -0.3 is 5.11 Å². The third kappa shape index (κ3) is 2.03. The largest absolute Gasteiger partial charge is 0.477 e. The molecule has 0 fully saturated rings. The Labute approximate surface area is 108 Å². The van der Waals surface area contributed by atoms with Crippen LogP contribution in [0.1, 0.15) is 16.1 Å². The summed E-state index contributed by atoms with van der Waals surface area (Å²) in [5.74, 6) is -1.25. The van der Waals surface area contributed by atoms with Gasteiger partial charge in [0.15, 0.2) is 5.13 Å². The molecule has 0 aliphatic heterocycles. The summed E-state index contributed by atoms with van der Waals surface area (Å²) in [6.07, 6.45) is 2.91. The van der Waals surface area contributed by atoms with E-state index in [4.69, 9.17) is 5.11 Å². The molecule has 0 saturated heterocycles. The number of aromatic carboxylic acids is 1. The van der Waals surface area contributed by atoms with Gasteiger partial charge in [0, 0.05) is 23.5 Å². The van der Waals surface area contributed by atoms with Crippen LogP contribution in [0.4, 0.5) is 0 Å². The SMILES string of the molecule is Cc1c(Br)c(=O)c(C(=O)O)cn1-c1nccs1. The Morgan fingerprint density at radius 3 is 2.82 bits per heavy atom. The van der Waals surface area contributed by atoms with Crippen LogP contribution in [0, 0.1) is 6.92 Å². The number of carboxylic acids is 1. The summed E-state index contributed by atoms with van der Waals surface area (Å²) in [4.78, 5) is 26.7. The van der Waals surface area contributed by atoms with E-state index in [-0.39, 0.29) is 10.0 Å². The molecule has 1 N–H and O–H groups in total. The summed E-state index contributed by atoms with van der Waals surface area (Å²) in [5.41, 5.74) is -0.185. The molecule has 2 rings (SSSR count). The van der Waals surface area contributed by atoms with Gasteiger partial charge in [-0.3, -0.25) is 9.36 Å². The number of thiazole rings is 1. The van der Waals surface area contributed by atoms with Gasteiger partial charge in [-0.2, -0.15) is 0 Å². The molecule has 2 heterocycles. The van der Waals surface area contributed by atoms with Gasteiger partial charge in [0.1, 0.15) is 5.56 Å². The molecule has 2 aromatic rings. The molecule has 0 saturated carbocycles. The second-order valence-electron chi connectivity index (χ2n) is 3.26. The molecule has 2 aromatic heterocycles. The first-order chi connectivity index (χ1) is 8.02. The van der Waals surface area contributed by atoms with Crippen molar-refractivity contribution in [2.75, 3.05) is 0 Å². The highest BCUT2D eigenvalue weighted by molar-refractivity contribution is 9.10. The van der Waals surface area contributed by atoms with Gasteiger partial charge >= 0.3 is 5.97 Å². The van der Waals surface area contributed by atoms with Crippen molar-refractivity contribution in [3.63, 3.8) is 0 Å². The van der Waals surface area contributed by atoms with Gasteiger partial charge in [-0.25, -0.2) is 9.78 Å². The minimum atomic E-state index is -1.25. The zero-order valence-electron chi connectivity index (χ0n) is 8.68. The highest BCUT2D eigenvalue weighted by atomic mass is 79.9. The number of carbonyl (C=O) groups is 1. The first kappa shape index (κ1) is 12.0. The fourth-order valence-electron chi connectivity index (χ4n) is 1.36. The van der Waals surface area contributed by atoms with Crippen LogP contribution in [0.2, 0.25) is 0 Å². The molecule has 0 bridgehead atoms. The predicted molar refractivity (Wildman–Crippen MR) is 67.1 cm³/mol. The molecular formula is C10H7BrN2O3S. The lowest BCUT2D eigenvalue weighted by molar-refractivity contribution is 0.0694. The standard InChI is InChI=1S/C10H7BrN2O3S/c1-5-7(11)8(14)6(9(15)16)4-13(5)10-12-2-3-17-10/h2-4H,1H3,(H,15,16). The molecule has 17 heavy (non-hydrogen) atoms. The Morgan fingerprint density at radius 1 is 1.59 bits per heavy atom. The zero-order chi connectivity index (χ0) is 12.6. The molecule has 0 spiro atoms. The van der Waals surface area contributed by atoms with Crippen LogP contribution < -0.4 is 5.43 Å². The van der Waals surface area contributed by atoms with Crippen LogP contribution in [0.15, 0.2) is 27.0 Å². The molecule has 0 unspecified atom stereocenters. The second-order valence-corrected chi connectivity index (χ2v) is 4.93. The summed E-state index contributed by atoms with van der Waals surface area (Å²) in [6.45, 7) is 1.72. The quantitative estimate of drug-likeness (QED) is 0.921. The van der Waals surface area contributed by atoms with E-state index in [2.05, 4.69) is 20.9 Å². The molecule has 88 valence electrons. The van der Waals surface area contributed by atoms with Gasteiger partial charge in [-0.15, -0.1) is 11.3 Å². The second kappa shape index (κ2) is 4.42. The van der Waals surface area contributed by atoms with E-state index in [1.165, 1.54) is 17.5 Å². The number of aromatic nitrogens is 2. The molecule has 0 amide bonds. The summed E-state index contributed by atoms with van der Waals surface area (Å²) in [6, 6.07) is 0. The summed E-state index contributed by atoms with van der Waals surface area (Å²) < 4.78 is 1.83. The Bertz CT molecular complexity index is 634. The molecular weight excluding hydrogens is 308 g/mol. The third-order valence-electron chi connectivity index (χ3n) is 2.24. The summed E-state index contributed by atoms with van der Waals surface area (Å²) in [7, 11) is 0. The van der Waals surface area contributed by atoms with Crippen LogP contribution in [-0.4, -0.2) is 20.6 Å². The lowest BCUT2D eigenvalue weighted by atomic mass is 10.2. The van der Waals surface area contributed by atoms with E-state index >= 15 is 0 Å². The van der Waals surface area contributed by atoms with Gasteiger partial charge in [-0.1, -0.05) is 0 Å². The third-order valence-corrected chi connectivity index (χ3v) is 3.94. The van der Waals surface area contributed by atoms with E-state index in [9.17, 15) is 9.59 Å². The molecule has 0 aliphatic carbocycles. The first-order valence-corrected chi connectivity index (χ1v) is 6.24. The highest BCUT2D eigenvalue weighted by Gasteiger charge is 2.17. The lowest BCUT2D eigenvalue weighted by Crippen LogP contribution is -2.20. The number of rotatable bonds is 2. The van der Waals surface area contributed by atoms with Gasteiger partial charge in [0.25, 0.3) is 0 Å². The van der Waals surface area contributed by atoms with E-state index in [1.54, 1.807) is 23.1 Å². The number of carboxylic acid groups (broad SMARTS) is 1. The van der Waals surface area contributed by atoms with E-state index in [0.717, 1.165) is 0 Å². The van der Waals surface area contributed by atoms with Crippen LogP contribution in [0.3, 0.4) is 0 Å². The smallest absolute Gasteiger partial charge is 0.341 e. The molecule has 0 aliphatic rings. The maximum atomic E-state index is 11.7. The number of nitrogens with zero attached hydrogens (tertiary/aromatic N) is 2. The minimum Gasteiger partial charge on any atom is -0.477 e. The van der Waals surface area contributed by atoms with Gasteiger partial charge in [0.05, 0.1) is 4.47 Å². The topological polar surface area (TPSA) is 72.2 Å². The average molecular weight is 315 g/mol. The number of hydrogen-bond donors (Lipinski definition) is 1. The van der Waals surface area contributed by atoms with Crippen molar-refractivity contribution in [2.24, 2.45) is 0 Å². The number of hydrogen-bond acceptors (Lipinski definition) is 4. The molecule has 7 heteroatoms. The monoisotopic (exact) mass is 314 g/mol. The average Bonchev–Trinajstić information content (AvgIpc) is 2.79. The predicted octanol–water partition coefficient (Wildman–Crippen LogP) is 2.06. The van der Waals surface area contributed by atoms with Crippen molar-refractivity contribution < 1.29 is 9.90 Å². The first-order valence-electron chi connectivity index (χ1n) is 4.57. The normalized spacial score (nSPS) is 10.5. The van der Waals surface area contributed by atoms with Crippen LogP contribution in [0.25, 0.3) is 5.13 Å². The van der Waals surface area contributed by atoms with Crippen molar-refractivity contribution >= 4 is 33.2 Å². The minimum absolute atomic E-state index is 0.243. The molecule has 5 nitrogen and oxygen atoms in total. The van der Waals surface area contributed by atoms with Crippen molar-refractivity contribution in [2.45, 2.75) is 6.92 Å². The maximum absolute atomic E-state index is 11.7. The summed E-state index contributed by atoms with van der Waals surface area (Å²) in [5, 5.41) is 11.3. The van der Waals surface area contributed by atoms with Crippen LogP contribution in [0.5, 0.6) is 0 Å². The fourth-order valence-corrected chi connectivity index (χ4v) is 2.43. The van der Waals surface area contributed by atoms with E-state index < -0.39 is 11.4 Å². The Hall–Kier alpha value is -1.47. The number of halogens is 1.